The van der Waals surface area contributed by atoms with Crippen molar-refractivity contribution in [3.8, 4) is 0 Å². The minimum absolute atomic E-state index is 0.0825. The van der Waals surface area contributed by atoms with Gasteiger partial charge in [0.05, 0.1) is 35.3 Å². The van der Waals surface area contributed by atoms with Gasteiger partial charge in [0.15, 0.2) is 5.69 Å². The van der Waals surface area contributed by atoms with E-state index in [0.29, 0.717) is 27.7 Å². The van der Waals surface area contributed by atoms with E-state index >= 15 is 0 Å². The minimum Gasteiger partial charge on any atom is -0.465 e. The molecular weight excluding hydrogens is 520 g/mol. The number of carbonyl (C=O) groups is 2. The molecule has 4 rings (SSSR count). The fourth-order valence-electron chi connectivity index (χ4n) is 4.05. The molecule has 2 aromatic carbocycles. The minimum atomic E-state index is -4.83. The summed E-state index contributed by atoms with van der Waals surface area (Å²) in [6.07, 6.45) is -4.83. The number of nitrogens with zero attached hydrogens (tertiary/aromatic N) is 3. The zero-order valence-corrected chi connectivity index (χ0v) is 20.7. The number of esters is 1. The topological polar surface area (TPSA) is 76.5 Å². The van der Waals surface area contributed by atoms with E-state index in [1.54, 1.807) is 42.2 Å². The van der Waals surface area contributed by atoms with Crippen LogP contribution in [-0.2, 0) is 24.0 Å². The molecule has 1 atom stereocenters. The van der Waals surface area contributed by atoms with E-state index in [4.69, 9.17) is 23.2 Å². The summed E-state index contributed by atoms with van der Waals surface area (Å²) in [6.45, 7) is 2.41. The van der Waals surface area contributed by atoms with Crippen LogP contribution in [0.4, 0.5) is 19.0 Å². The molecule has 1 unspecified atom stereocenters. The molecule has 0 aliphatic carbocycles. The second-order valence-electron chi connectivity index (χ2n) is 8.25. The standard InChI is InChI=1S/C24H21Cl2F3N4O3/c1-13(15-4-6-16(7-5-15)23(35)36-2)30-21(34)19-20(24(27,28)29)31-33-10-9-32(22(19)33)12-14-3-8-17(25)18(26)11-14/h3-8,11,13H,9-10,12H2,1-2H3,(H,30,34). The number of anilines is 1. The summed E-state index contributed by atoms with van der Waals surface area (Å²) in [5.74, 6) is -1.35. The molecule has 1 N–H and O–H groups in total. The van der Waals surface area contributed by atoms with Gasteiger partial charge >= 0.3 is 12.1 Å². The van der Waals surface area contributed by atoms with Crippen LogP contribution < -0.4 is 10.2 Å². The molecule has 2 heterocycles. The van der Waals surface area contributed by atoms with Crippen LogP contribution in [0.25, 0.3) is 0 Å². The molecule has 0 fully saturated rings. The zero-order chi connectivity index (χ0) is 26.2. The first-order chi connectivity index (χ1) is 17.0. The largest absolute Gasteiger partial charge is 0.465 e. The van der Waals surface area contributed by atoms with Crippen LogP contribution in [0.3, 0.4) is 0 Å². The Morgan fingerprint density at radius 3 is 2.42 bits per heavy atom. The molecule has 12 heteroatoms. The van der Waals surface area contributed by atoms with E-state index in [-0.39, 0.29) is 18.9 Å². The van der Waals surface area contributed by atoms with E-state index < -0.39 is 35.4 Å². The number of ether oxygens (including phenoxy) is 1. The summed E-state index contributed by atoms with van der Waals surface area (Å²) in [4.78, 5) is 26.5. The lowest BCUT2D eigenvalue weighted by atomic mass is 10.1. The SMILES string of the molecule is COC(=O)c1ccc(C(C)NC(=O)c2c(C(F)(F)F)nn3c2N(Cc2ccc(Cl)c(Cl)c2)CC3)cc1. The Balaban J connectivity index is 1.63. The predicted molar refractivity (Wildman–Crippen MR) is 128 cm³/mol. The Morgan fingerprint density at radius 1 is 1.11 bits per heavy atom. The van der Waals surface area contributed by atoms with E-state index in [9.17, 15) is 22.8 Å². The van der Waals surface area contributed by atoms with Crippen LogP contribution >= 0.6 is 23.2 Å². The van der Waals surface area contributed by atoms with Crippen molar-refractivity contribution in [1.82, 2.24) is 15.1 Å². The van der Waals surface area contributed by atoms with Gasteiger partial charge in [0.25, 0.3) is 5.91 Å². The van der Waals surface area contributed by atoms with E-state index in [2.05, 4.69) is 15.2 Å². The summed E-state index contributed by atoms with van der Waals surface area (Å²) >= 11 is 12.1. The van der Waals surface area contributed by atoms with Crippen molar-refractivity contribution in [3.05, 3.63) is 80.5 Å². The molecule has 0 saturated carbocycles. The summed E-state index contributed by atoms with van der Waals surface area (Å²) in [6, 6.07) is 10.5. The number of amides is 1. The lowest BCUT2D eigenvalue weighted by molar-refractivity contribution is -0.141. The number of halogens is 5. The molecule has 0 bridgehead atoms. The van der Waals surface area contributed by atoms with Gasteiger partial charge in [0, 0.05) is 13.1 Å². The normalized spacial score (nSPS) is 13.9. The van der Waals surface area contributed by atoms with Crippen LogP contribution in [-0.4, -0.2) is 35.3 Å². The third-order valence-corrected chi connectivity index (χ3v) is 6.58. The highest BCUT2D eigenvalue weighted by molar-refractivity contribution is 6.42. The first-order valence-electron chi connectivity index (χ1n) is 10.9. The molecule has 1 amide bonds. The smallest absolute Gasteiger partial charge is 0.436 e. The van der Waals surface area contributed by atoms with Crippen molar-refractivity contribution in [2.45, 2.75) is 32.2 Å². The third-order valence-electron chi connectivity index (χ3n) is 5.84. The molecular formula is C24H21Cl2F3N4O3. The van der Waals surface area contributed by atoms with E-state index in [0.717, 1.165) is 5.56 Å². The van der Waals surface area contributed by atoms with Gasteiger partial charge in [0.1, 0.15) is 11.4 Å². The van der Waals surface area contributed by atoms with E-state index in [1.165, 1.54) is 23.9 Å². The maximum atomic E-state index is 13.9. The number of rotatable bonds is 6. The number of hydrogen-bond acceptors (Lipinski definition) is 5. The second kappa shape index (κ2) is 10.0. The number of nitrogens with one attached hydrogen (secondary N) is 1. The average molecular weight is 541 g/mol. The average Bonchev–Trinajstić information content (AvgIpc) is 3.41. The van der Waals surface area contributed by atoms with Crippen molar-refractivity contribution >= 4 is 40.9 Å². The second-order valence-corrected chi connectivity index (χ2v) is 9.06. The molecule has 7 nitrogen and oxygen atoms in total. The van der Waals surface area contributed by atoms with Crippen LogP contribution in [0.1, 0.15) is 50.5 Å². The Hall–Kier alpha value is -3.24. The molecule has 1 aliphatic heterocycles. The van der Waals surface area contributed by atoms with Crippen molar-refractivity contribution in [2.75, 3.05) is 18.6 Å². The number of carbonyl (C=O) groups excluding carboxylic acids is 2. The van der Waals surface area contributed by atoms with Gasteiger partial charge in [0.2, 0.25) is 0 Å². The van der Waals surface area contributed by atoms with Gasteiger partial charge in [-0.25, -0.2) is 9.48 Å². The van der Waals surface area contributed by atoms with Crippen LogP contribution in [0.5, 0.6) is 0 Å². The molecule has 190 valence electrons. The van der Waals surface area contributed by atoms with Gasteiger partial charge in [-0.15, -0.1) is 0 Å². The van der Waals surface area contributed by atoms with Crippen molar-refractivity contribution in [3.63, 3.8) is 0 Å². The quantitative estimate of drug-likeness (QED) is 0.417. The summed E-state index contributed by atoms with van der Waals surface area (Å²) in [5.41, 5.74) is -0.161. The Morgan fingerprint density at radius 2 is 1.81 bits per heavy atom. The Bertz CT molecular complexity index is 1310. The number of alkyl halides is 3. The summed E-state index contributed by atoms with van der Waals surface area (Å²) in [5, 5.41) is 7.03. The predicted octanol–water partition coefficient (Wildman–Crippen LogP) is 5.51. The maximum Gasteiger partial charge on any atom is 0.436 e. The molecule has 36 heavy (non-hydrogen) atoms. The zero-order valence-electron chi connectivity index (χ0n) is 19.2. The van der Waals surface area contributed by atoms with Gasteiger partial charge < -0.3 is 15.0 Å². The third kappa shape index (κ3) is 5.15. The first-order valence-corrected chi connectivity index (χ1v) is 11.6. The first kappa shape index (κ1) is 25.8. The highest BCUT2D eigenvalue weighted by Gasteiger charge is 2.44. The monoisotopic (exact) mass is 540 g/mol. The lowest BCUT2D eigenvalue weighted by Crippen LogP contribution is -2.31. The van der Waals surface area contributed by atoms with Crippen LogP contribution in [0.2, 0.25) is 10.0 Å². The van der Waals surface area contributed by atoms with Gasteiger partial charge in [-0.2, -0.15) is 18.3 Å². The molecule has 0 radical (unpaired) electrons. The van der Waals surface area contributed by atoms with Gasteiger partial charge in [-0.1, -0.05) is 41.4 Å². The highest BCUT2D eigenvalue weighted by atomic mass is 35.5. The number of aromatic nitrogens is 2. The van der Waals surface area contributed by atoms with Crippen molar-refractivity contribution < 1.29 is 27.5 Å². The highest BCUT2D eigenvalue weighted by Crippen LogP contribution is 2.39. The number of fused-ring (bicyclic) bond motifs is 1. The lowest BCUT2D eigenvalue weighted by Gasteiger charge is -2.21. The molecule has 3 aromatic rings. The van der Waals surface area contributed by atoms with Crippen molar-refractivity contribution in [1.29, 1.82) is 0 Å². The molecule has 1 aliphatic rings. The van der Waals surface area contributed by atoms with Gasteiger partial charge in [-0.05, 0) is 42.3 Å². The maximum absolute atomic E-state index is 13.9. The van der Waals surface area contributed by atoms with Crippen LogP contribution in [0.15, 0.2) is 42.5 Å². The summed E-state index contributed by atoms with van der Waals surface area (Å²) in [7, 11) is 1.26. The molecule has 0 spiro atoms. The van der Waals surface area contributed by atoms with Gasteiger partial charge in [-0.3, -0.25) is 4.79 Å². The summed E-state index contributed by atoms with van der Waals surface area (Å²) < 4.78 is 47.5. The number of benzene rings is 2. The van der Waals surface area contributed by atoms with Crippen LogP contribution in [0, 0.1) is 0 Å². The molecule has 1 aromatic heterocycles. The Labute approximate surface area is 214 Å². The van der Waals surface area contributed by atoms with E-state index in [1.807, 2.05) is 0 Å². The number of methoxy groups -OCH3 is 1. The Kier molecular flexibility index (Phi) is 7.19. The fraction of sp³-hybridized carbons (Fsp3) is 0.292. The fourth-order valence-corrected chi connectivity index (χ4v) is 4.37. The number of hydrogen-bond donors (Lipinski definition) is 1. The van der Waals surface area contributed by atoms with Crippen molar-refractivity contribution in [2.24, 2.45) is 0 Å². The molecule has 0 saturated heterocycles.